The van der Waals surface area contributed by atoms with E-state index in [1.54, 1.807) is 0 Å². The summed E-state index contributed by atoms with van der Waals surface area (Å²) in [5.41, 5.74) is 4.29. The van der Waals surface area contributed by atoms with E-state index in [0.717, 1.165) is 29.0 Å². The molecule has 1 aliphatic heterocycles. The standard InChI is InChI=1S/C19H20O2/c1-4-17(20)15-7-5-6-13(10-15)14-8-9-18-16(11-14)19(2,3)12-21-18/h5-11H,4,12H2,1-3H3. The molecule has 0 aromatic heterocycles. The largest absolute Gasteiger partial charge is 0.492 e. The maximum Gasteiger partial charge on any atom is 0.162 e. The molecule has 0 unspecified atom stereocenters. The Morgan fingerprint density at radius 1 is 1.14 bits per heavy atom. The second-order valence-electron chi connectivity index (χ2n) is 6.24. The van der Waals surface area contributed by atoms with Gasteiger partial charge in [0.15, 0.2) is 5.78 Å². The first-order valence-electron chi connectivity index (χ1n) is 7.42. The number of carbonyl (C=O) groups excluding carboxylic acids is 1. The molecule has 3 rings (SSSR count). The minimum Gasteiger partial charge on any atom is -0.492 e. The van der Waals surface area contributed by atoms with E-state index < -0.39 is 0 Å². The fourth-order valence-corrected chi connectivity index (χ4v) is 2.78. The highest BCUT2D eigenvalue weighted by atomic mass is 16.5. The van der Waals surface area contributed by atoms with E-state index in [9.17, 15) is 4.79 Å². The van der Waals surface area contributed by atoms with E-state index >= 15 is 0 Å². The van der Waals surface area contributed by atoms with Gasteiger partial charge in [-0.3, -0.25) is 4.79 Å². The molecule has 2 aromatic rings. The summed E-state index contributed by atoms with van der Waals surface area (Å²) in [7, 11) is 0. The molecule has 0 atom stereocenters. The summed E-state index contributed by atoms with van der Waals surface area (Å²) in [6.07, 6.45) is 0.536. The molecule has 0 N–H and O–H groups in total. The van der Waals surface area contributed by atoms with Gasteiger partial charge < -0.3 is 4.74 Å². The number of benzene rings is 2. The Labute approximate surface area is 125 Å². The van der Waals surface area contributed by atoms with Gasteiger partial charge >= 0.3 is 0 Å². The first kappa shape index (κ1) is 13.9. The van der Waals surface area contributed by atoms with Crippen molar-refractivity contribution in [3.63, 3.8) is 0 Å². The number of rotatable bonds is 3. The van der Waals surface area contributed by atoms with Crippen LogP contribution in [0.3, 0.4) is 0 Å². The highest BCUT2D eigenvalue weighted by Gasteiger charge is 2.31. The van der Waals surface area contributed by atoms with Crippen molar-refractivity contribution in [2.75, 3.05) is 6.61 Å². The lowest BCUT2D eigenvalue weighted by molar-refractivity contribution is 0.0988. The molecule has 0 saturated heterocycles. The van der Waals surface area contributed by atoms with Gasteiger partial charge in [0, 0.05) is 23.0 Å². The summed E-state index contributed by atoms with van der Waals surface area (Å²) in [6, 6.07) is 14.2. The summed E-state index contributed by atoms with van der Waals surface area (Å²) in [5.74, 6) is 1.16. The van der Waals surface area contributed by atoms with E-state index in [2.05, 4.69) is 32.0 Å². The Balaban J connectivity index is 2.04. The predicted octanol–water partition coefficient (Wildman–Crippen LogP) is 4.62. The van der Waals surface area contributed by atoms with Crippen molar-refractivity contribution in [3.05, 3.63) is 53.6 Å². The van der Waals surface area contributed by atoms with Gasteiger partial charge in [0.25, 0.3) is 0 Å². The fourth-order valence-electron chi connectivity index (χ4n) is 2.78. The third-order valence-corrected chi connectivity index (χ3v) is 4.14. The summed E-state index contributed by atoms with van der Waals surface area (Å²) >= 11 is 0. The number of carbonyl (C=O) groups is 1. The third kappa shape index (κ3) is 2.46. The molecule has 2 aromatic carbocycles. The number of Topliss-reactive ketones (excluding diaryl/α,β-unsaturated/α-hetero) is 1. The van der Waals surface area contributed by atoms with Crippen LogP contribution in [0.1, 0.15) is 43.1 Å². The summed E-state index contributed by atoms with van der Waals surface area (Å²) in [4.78, 5) is 11.9. The second-order valence-corrected chi connectivity index (χ2v) is 6.24. The van der Waals surface area contributed by atoms with Crippen LogP contribution in [0, 0.1) is 0 Å². The van der Waals surface area contributed by atoms with E-state index in [-0.39, 0.29) is 11.2 Å². The molecule has 1 aliphatic rings. The number of ether oxygens (including phenoxy) is 1. The summed E-state index contributed by atoms with van der Waals surface area (Å²) < 4.78 is 5.73. The van der Waals surface area contributed by atoms with Crippen molar-refractivity contribution in [2.45, 2.75) is 32.6 Å². The van der Waals surface area contributed by atoms with Crippen LogP contribution in [0.15, 0.2) is 42.5 Å². The van der Waals surface area contributed by atoms with Crippen LogP contribution in [-0.2, 0) is 5.41 Å². The minimum atomic E-state index is 0.0438. The monoisotopic (exact) mass is 280 g/mol. The zero-order valence-electron chi connectivity index (χ0n) is 12.8. The van der Waals surface area contributed by atoms with Crippen LogP contribution in [0.4, 0.5) is 0 Å². The highest BCUT2D eigenvalue weighted by molar-refractivity contribution is 5.97. The van der Waals surface area contributed by atoms with Crippen molar-refractivity contribution < 1.29 is 9.53 Å². The number of hydrogen-bond donors (Lipinski definition) is 0. The normalized spacial score (nSPS) is 15.4. The maximum absolute atomic E-state index is 11.9. The molecule has 108 valence electrons. The quantitative estimate of drug-likeness (QED) is 0.767. The molecule has 0 fully saturated rings. The van der Waals surface area contributed by atoms with Crippen molar-refractivity contribution in [1.82, 2.24) is 0 Å². The summed E-state index contributed by atoms with van der Waals surface area (Å²) in [5, 5.41) is 0. The highest BCUT2D eigenvalue weighted by Crippen LogP contribution is 2.40. The van der Waals surface area contributed by atoms with Gasteiger partial charge in [-0.2, -0.15) is 0 Å². The molecule has 0 saturated carbocycles. The molecule has 2 heteroatoms. The van der Waals surface area contributed by atoms with Crippen LogP contribution in [0.2, 0.25) is 0 Å². The molecule has 2 nitrogen and oxygen atoms in total. The van der Waals surface area contributed by atoms with E-state index in [1.807, 2.05) is 31.2 Å². The molecule has 0 aliphatic carbocycles. The molecule has 0 bridgehead atoms. The van der Waals surface area contributed by atoms with Gasteiger partial charge in [0.2, 0.25) is 0 Å². The van der Waals surface area contributed by atoms with Crippen molar-refractivity contribution in [3.8, 4) is 16.9 Å². The Bertz CT molecular complexity index is 698. The number of ketones is 1. The van der Waals surface area contributed by atoms with Crippen LogP contribution in [-0.4, -0.2) is 12.4 Å². The van der Waals surface area contributed by atoms with Crippen molar-refractivity contribution in [2.24, 2.45) is 0 Å². The van der Waals surface area contributed by atoms with Gasteiger partial charge in [-0.25, -0.2) is 0 Å². The zero-order chi connectivity index (χ0) is 15.0. The molecule has 21 heavy (non-hydrogen) atoms. The lowest BCUT2D eigenvalue weighted by Crippen LogP contribution is -2.18. The lowest BCUT2D eigenvalue weighted by Gasteiger charge is -2.16. The zero-order valence-corrected chi connectivity index (χ0v) is 12.8. The Kier molecular flexibility index (Phi) is 3.32. The minimum absolute atomic E-state index is 0.0438. The Morgan fingerprint density at radius 3 is 2.67 bits per heavy atom. The predicted molar refractivity (Wildman–Crippen MR) is 85.0 cm³/mol. The molecule has 0 spiro atoms. The van der Waals surface area contributed by atoms with E-state index in [0.29, 0.717) is 6.42 Å². The average Bonchev–Trinajstić information content (AvgIpc) is 2.81. The molecule has 0 radical (unpaired) electrons. The first-order valence-corrected chi connectivity index (χ1v) is 7.42. The van der Waals surface area contributed by atoms with Crippen LogP contribution >= 0.6 is 0 Å². The third-order valence-electron chi connectivity index (χ3n) is 4.14. The molecular weight excluding hydrogens is 260 g/mol. The van der Waals surface area contributed by atoms with Gasteiger partial charge in [0.05, 0.1) is 6.61 Å². The van der Waals surface area contributed by atoms with Gasteiger partial charge in [-0.15, -0.1) is 0 Å². The average molecular weight is 280 g/mol. The van der Waals surface area contributed by atoms with Crippen molar-refractivity contribution >= 4 is 5.78 Å². The summed E-state index contributed by atoms with van der Waals surface area (Å²) in [6.45, 7) is 7.00. The molecular formula is C19H20O2. The topological polar surface area (TPSA) is 26.3 Å². The van der Waals surface area contributed by atoms with E-state index in [4.69, 9.17) is 4.74 Å². The van der Waals surface area contributed by atoms with Gasteiger partial charge in [-0.05, 0) is 29.3 Å². The van der Waals surface area contributed by atoms with Gasteiger partial charge in [0.1, 0.15) is 5.75 Å². The molecule has 0 amide bonds. The maximum atomic E-state index is 11.9. The van der Waals surface area contributed by atoms with Crippen molar-refractivity contribution in [1.29, 1.82) is 0 Å². The number of fused-ring (bicyclic) bond motifs is 1. The Morgan fingerprint density at radius 2 is 1.90 bits per heavy atom. The molecule has 1 heterocycles. The van der Waals surface area contributed by atoms with Crippen LogP contribution < -0.4 is 4.74 Å². The smallest absolute Gasteiger partial charge is 0.162 e. The first-order chi connectivity index (χ1) is 10.0. The number of hydrogen-bond acceptors (Lipinski definition) is 2. The fraction of sp³-hybridized carbons (Fsp3) is 0.316. The van der Waals surface area contributed by atoms with Gasteiger partial charge in [-0.1, -0.05) is 45.0 Å². The van der Waals surface area contributed by atoms with Crippen LogP contribution in [0.25, 0.3) is 11.1 Å². The van der Waals surface area contributed by atoms with Crippen LogP contribution in [0.5, 0.6) is 5.75 Å². The Hall–Kier alpha value is -2.09. The SMILES string of the molecule is CCC(=O)c1cccc(-c2ccc3c(c2)C(C)(C)CO3)c1. The van der Waals surface area contributed by atoms with E-state index in [1.165, 1.54) is 5.56 Å². The second kappa shape index (κ2) is 5.03. The lowest BCUT2D eigenvalue weighted by atomic mass is 9.85.